The van der Waals surface area contributed by atoms with Gasteiger partial charge in [0.05, 0.1) is 11.4 Å². The molecule has 168 valence electrons. The number of aryl methyl sites for hydroxylation is 2. The highest BCUT2D eigenvalue weighted by molar-refractivity contribution is 7.90. The Kier molecular flexibility index (Phi) is 7.83. The lowest BCUT2D eigenvalue weighted by Crippen LogP contribution is -2.28. The van der Waals surface area contributed by atoms with Crippen molar-refractivity contribution >= 4 is 21.7 Å². The average Bonchev–Trinajstić information content (AvgIpc) is 3.24. The van der Waals surface area contributed by atoms with E-state index in [4.69, 9.17) is 9.15 Å². The van der Waals surface area contributed by atoms with Crippen LogP contribution in [0.3, 0.4) is 0 Å². The van der Waals surface area contributed by atoms with Crippen LogP contribution in [0.1, 0.15) is 33.9 Å². The summed E-state index contributed by atoms with van der Waals surface area (Å²) in [5.41, 5.74) is 2.25. The molecular formula is C24H25NO6S. The molecule has 3 rings (SSSR count). The van der Waals surface area contributed by atoms with E-state index in [0.29, 0.717) is 12.8 Å². The van der Waals surface area contributed by atoms with Gasteiger partial charge in [0, 0.05) is 6.42 Å². The highest BCUT2D eigenvalue weighted by Gasteiger charge is 2.19. The molecule has 1 heterocycles. The van der Waals surface area contributed by atoms with E-state index < -0.39 is 15.8 Å². The molecule has 0 aliphatic carbocycles. The molecule has 0 bridgehead atoms. The van der Waals surface area contributed by atoms with E-state index in [1.165, 1.54) is 29.8 Å². The summed E-state index contributed by atoms with van der Waals surface area (Å²) in [5.74, 6) is -1.16. The van der Waals surface area contributed by atoms with Gasteiger partial charge >= 0.3 is 5.97 Å². The van der Waals surface area contributed by atoms with Crippen LogP contribution < -0.4 is 5.32 Å². The van der Waals surface area contributed by atoms with Gasteiger partial charge in [0.15, 0.2) is 9.84 Å². The van der Waals surface area contributed by atoms with Gasteiger partial charge in [-0.25, -0.2) is 13.2 Å². The zero-order valence-corrected chi connectivity index (χ0v) is 18.6. The molecular weight excluding hydrogens is 430 g/mol. The van der Waals surface area contributed by atoms with Gasteiger partial charge in [-0.15, -0.1) is 0 Å². The number of esters is 1. The van der Waals surface area contributed by atoms with Crippen LogP contribution in [0.2, 0.25) is 0 Å². The van der Waals surface area contributed by atoms with Crippen LogP contribution >= 0.6 is 0 Å². The molecule has 0 aliphatic heterocycles. The van der Waals surface area contributed by atoms with E-state index in [0.717, 1.165) is 5.56 Å². The maximum absolute atomic E-state index is 12.4. The largest absolute Gasteiger partial charge is 0.458 e. The quantitative estimate of drug-likeness (QED) is 0.371. The molecule has 0 radical (unpaired) electrons. The number of hydrogen-bond donors (Lipinski definition) is 1. The van der Waals surface area contributed by atoms with Gasteiger partial charge in [-0.1, -0.05) is 48.0 Å². The van der Waals surface area contributed by atoms with Gasteiger partial charge in [-0.2, -0.15) is 0 Å². The van der Waals surface area contributed by atoms with Crippen molar-refractivity contribution in [2.75, 3.05) is 13.2 Å². The number of ether oxygens (including phenoxy) is 1. The Morgan fingerprint density at radius 1 is 0.969 bits per heavy atom. The molecule has 32 heavy (non-hydrogen) atoms. The van der Waals surface area contributed by atoms with Crippen molar-refractivity contribution in [2.24, 2.45) is 0 Å². The summed E-state index contributed by atoms with van der Waals surface area (Å²) in [4.78, 5) is 24.2. The Morgan fingerprint density at radius 2 is 1.69 bits per heavy atom. The number of nitrogens with one attached hydrogen (secondary N) is 1. The number of sulfone groups is 1. The van der Waals surface area contributed by atoms with Crippen molar-refractivity contribution in [3.05, 3.63) is 89.4 Å². The lowest BCUT2D eigenvalue weighted by atomic mass is 10.1. The predicted molar refractivity (Wildman–Crippen MR) is 119 cm³/mol. The van der Waals surface area contributed by atoms with E-state index in [9.17, 15) is 18.0 Å². The highest BCUT2D eigenvalue weighted by atomic mass is 32.2. The Morgan fingerprint density at radius 3 is 2.41 bits per heavy atom. The van der Waals surface area contributed by atoms with Gasteiger partial charge in [0.1, 0.15) is 18.1 Å². The molecule has 0 saturated heterocycles. The van der Waals surface area contributed by atoms with Crippen molar-refractivity contribution in [1.82, 2.24) is 5.32 Å². The van der Waals surface area contributed by atoms with Crippen LogP contribution in [0.5, 0.6) is 0 Å². The zero-order valence-electron chi connectivity index (χ0n) is 17.7. The number of benzene rings is 2. The van der Waals surface area contributed by atoms with Crippen molar-refractivity contribution in [3.8, 4) is 0 Å². The predicted octanol–water partition coefficient (Wildman–Crippen LogP) is 3.47. The second kappa shape index (κ2) is 10.8. The molecule has 3 aromatic rings. The fourth-order valence-corrected chi connectivity index (χ4v) is 4.24. The third-order valence-electron chi connectivity index (χ3n) is 4.72. The van der Waals surface area contributed by atoms with Crippen LogP contribution in [0.4, 0.5) is 0 Å². The first kappa shape index (κ1) is 23.3. The molecule has 1 aromatic heterocycles. The number of carbonyl (C=O) groups excluding carboxylic acids is 2. The van der Waals surface area contributed by atoms with E-state index in [-0.39, 0.29) is 41.2 Å². The molecule has 1 N–H and O–H groups in total. The maximum Gasteiger partial charge on any atom is 0.374 e. The first-order valence-electron chi connectivity index (χ1n) is 10.2. The number of furan rings is 1. The number of amides is 1. The molecule has 0 aliphatic rings. The highest BCUT2D eigenvalue weighted by Crippen LogP contribution is 2.18. The van der Waals surface area contributed by atoms with Crippen LogP contribution in [0.25, 0.3) is 0 Å². The minimum atomic E-state index is -3.58. The third kappa shape index (κ3) is 6.81. The molecule has 0 unspecified atom stereocenters. The van der Waals surface area contributed by atoms with Gasteiger partial charge in [-0.3, -0.25) is 4.79 Å². The van der Waals surface area contributed by atoms with Gasteiger partial charge < -0.3 is 14.5 Å². The smallest absolute Gasteiger partial charge is 0.374 e. The van der Waals surface area contributed by atoms with Gasteiger partial charge in [-0.05, 0) is 43.2 Å². The minimum Gasteiger partial charge on any atom is -0.458 e. The number of hydrogen-bond acceptors (Lipinski definition) is 6. The third-order valence-corrected chi connectivity index (χ3v) is 6.37. The van der Waals surface area contributed by atoms with Crippen LogP contribution in [0.15, 0.2) is 76.0 Å². The lowest BCUT2D eigenvalue weighted by molar-refractivity contribution is -0.121. The summed E-state index contributed by atoms with van der Waals surface area (Å²) in [6, 6.07) is 18.8. The van der Waals surface area contributed by atoms with Gasteiger partial charge in [0.2, 0.25) is 11.7 Å². The first-order valence-corrected chi connectivity index (χ1v) is 11.8. The Bertz CT molecular complexity index is 1150. The molecule has 0 atom stereocenters. The van der Waals surface area contributed by atoms with Crippen molar-refractivity contribution in [2.45, 2.75) is 30.4 Å². The number of rotatable bonds is 10. The van der Waals surface area contributed by atoms with Gasteiger partial charge in [0.25, 0.3) is 0 Å². The molecule has 7 nitrogen and oxygen atoms in total. The molecule has 0 saturated carbocycles. The average molecular weight is 456 g/mol. The van der Waals surface area contributed by atoms with Crippen molar-refractivity contribution in [1.29, 1.82) is 0 Å². The normalized spacial score (nSPS) is 11.2. The molecule has 8 heteroatoms. The van der Waals surface area contributed by atoms with Crippen molar-refractivity contribution in [3.63, 3.8) is 0 Å². The van der Waals surface area contributed by atoms with Crippen LogP contribution in [-0.4, -0.2) is 33.4 Å². The Hall–Kier alpha value is -3.39. The fraction of sp³-hybridized carbons (Fsp3) is 0.250. The van der Waals surface area contributed by atoms with E-state index in [1.54, 1.807) is 18.2 Å². The summed E-state index contributed by atoms with van der Waals surface area (Å²) in [7, 11) is -3.58. The Balaban J connectivity index is 1.39. The lowest BCUT2D eigenvalue weighted by Gasteiger charge is -2.06. The Labute approximate surface area is 187 Å². The monoisotopic (exact) mass is 455 g/mol. The molecule has 0 fully saturated rings. The molecule has 2 aromatic carbocycles. The zero-order chi connectivity index (χ0) is 23.0. The summed E-state index contributed by atoms with van der Waals surface area (Å²) in [6.07, 6.45) is 0.974. The summed E-state index contributed by atoms with van der Waals surface area (Å²) in [6.45, 7) is 2.16. The number of carbonyl (C=O) groups is 2. The first-order chi connectivity index (χ1) is 15.3. The second-order valence-corrected chi connectivity index (χ2v) is 9.30. The van der Waals surface area contributed by atoms with E-state index in [1.807, 2.05) is 31.2 Å². The van der Waals surface area contributed by atoms with Crippen LogP contribution in [0, 0.1) is 6.92 Å². The molecule has 0 spiro atoms. The summed E-state index contributed by atoms with van der Waals surface area (Å²) in [5, 5.41) is 2.70. The van der Waals surface area contributed by atoms with Crippen LogP contribution in [-0.2, 0) is 31.5 Å². The summed E-state index contributed by atoms with van der Waals surface area (Å²) < 4.78 is 35.2. The van der Waals surface area contributed by atoms with Crippen molar-refractivity contribution < 1.29 is 27.2 Å². The minimum absolute atomic E-state index is 0.0204. The molecule has 1 amide bonds. The maximum atomic E-state index is 12.4. The summed E-state index contributed by atoms with van der Waals surface area (Å²) >= 11 is 0. The fourth-order valence-electron chi connectivity index (χ4n) is 2.97. The second-order valence-electron chi connectivity index (χ2n) is 7.31. The SMILES string of the molecule is Cc1ccc(CCC(=O)NCCOC(=O)c2ccc(CS(=O)(=O)c3ccccc3)o2)cc1. The standard InChI is InChI=1S/C24H25NO6S/c1-18-7-9-19(10-8-18)11-14-23(26)25-15-16-30-24(27)22-13-12-20(31-22)17-32(28,29)21-5-3-2-4-6-21/h2-10,12-13H,11,14-17H2,1H3,(H,25,26). The van der Waals surface area contributed by atoms with E-state index >= 15 is 0 Å². The topological polar surface area (TPSA) is 103 Å². The van der Waals surface area contributed by atoms with E-state index in [2.05, 4.69) is 5.32 Å².